The van der Waals surface area contributed by atoms with Crippen LogP contribution in [0.1, 0.15) is 179 Å². The van der Waals surface area contributed by atoms with Crippen molar-refractivity contribution in [3.63, 3.8) is 0 Å². The maximum absolute atomic E-state index is 6.49. The Bertz CT molecular complexity index is 2490. The second-order valence-corrected chi connectivity index (χ2v) is 35.7. The quantitative estimate of drug-likeness (QED) is 0.123. The third kappa shape index (κ3) is 13.1. The first kappa shape index (κ1) is 58.3. The molecule has 0 amide bonds. The average Bonchev–Trinajstić information content (AvgIpc) is 3.31. The number of hydrogen-bond acceptors (Lipinski definition) is 3. The van der Waals surface area contributed by atoms with E-state index in [0.29, 0.717) is 89.7 Å². The zero-order valence-electron chi connectivity index (χ0n) is 47.1. The van der Waals surface area contributed by atoms with Crippen LogP contribution in [0, 0.1) is 41.5 Å². The van der Waals surface area contributed by atoms with E-state index in [1.54, 1.807) is 66.8 Å². The van der Waals surface area contributed by atoms with E-state index in [9.17, 15) is 0 Å². The fraction of sp³-hybridized carbons (Fsp3) is 0.524. The van der Waals surface area contributed by atoms with Gasteiger partial charge in [0, 0.05) is 0 Å². The summed E-state index contributed by atoms with van der Waals surface area (Å²) in [5.74, 6) is 3.48. The molecule has 2 aliphatic heterocycles. The number of fused-ring (bicyclic) bond motifs is 8. The molecular formula is C63H84O3Se6. The Hall–Kier alpha value is -1.38. The Kier molecular flexibility index (Phi) is 19.9. The van der Waals surface area contributed by atoms with Crippen LogP contribution >= 0.6 is 0 Å². The van der Waals surface area contributed by atoms with E-state index in [1.165, 1.54) is 82.0 Å². The van der Waals surface area contributed by atoms with Gasteiger partial charge in [-0.05, 0) is 0 Å². The van der Waals surface area contributed by atoms with Crippen molar-refractivity contribution in [2.24, 2.45) is 0 Å². The van der Waals surface area contributed by atoms with Crippen LogP contribution in [0.3, 0.4) is 0 Å². The molecule has 2 heterocycles. The van der Waals surface area contributed by atoms with E-state index in [1.807, 2.05) is 21.3 Å². The third-order valence-electron chi connectivity index (χ3n) is 15.4. The molecule has 0 saturated carbocycles. The molecule has 0 fully saturated rings. The molecule has 9 heteroatoms. The summed E-state index contributed by atoms with van der Waals surface area (Å²) in [6.45, 7) is 36.0. The minimum absolute atomic E-state index is 0.0627. The predicted molar refractivity (Wildman–Crippen MR) is 315 cm³/mol. The van der Waals surface area contributed by atoms with Gasteiger partial charge in [0.15, 0.2) is 0 Å². The molecule has 8 bridgehead atoms. The van der Waals surface area contributed by atoms with Gasteiger partial charge in [-0.2, -0.15) is 0 Å². The van der Waals surface area contributed by atoms with Crippen LogP contribution in [0.25, 0.3) is 0 Å². The molecule has 2 aliphatic rings. The molecule has 0 aromatic heterocycles. The van der Waals surface area contributed by atoms with Crippen LogP contribution < -0.4 is 14.2 Å². The first-order valence-corrected chi connectivity index (χ1v) is 40.3. The van der Waals surface area contributed by atoms with Crippen molar-refractivity contribution >= 4 is 89.7 Å². The molecule has 0 atom stereocenters. The van der Waals surface area contributed by atoms with Gasteiger partial charge >= 0.3 is 480 Å². The molecule has 0 spiro atoms. The van der Waals surface area contributed by atoms with Crippen LogP contribution in [0.15, 0.2) is 36.4 Å². The van der Waals surface area contributed by atoms with Gasteiger partial charge in [0.1, 0.15) is 0 Å². The summed E-state index contributed by atoms with van der Waals surface area (Å²) in [6, 6.07) is 14.9. The van der Waals surface area contributed by atoms with Crippen LogP contribution in [-0.4, -0.2) is 111 Å². The Morgan fingerprint density at radius 1 is 0.361 bits per heavy atom. The van der Waals surface area contributed by atoms with Crippen LogP contribution in [0.4, 0.5) is 0 Å². The van der Waals surface area contributed by atoms with Gasteiger partial charge in [0.2, 0.25) is 0 Å². The van der Waals surface area contributed by atoms with E-state index >= 15 is 0 Å². The van der Waals surface area contributed by atoms with Gasteiger partial charge < -0.3 is 0 Å². The van der Waals surface area contributed by atoms with Gasteiger partial charge in [0.05, 0.1) is 0 Å². The Labute approximate surface area is 475 Å². The maximum atomic E-state index is 6.49. The standard InChI is InChI=1S/C63H84O3Se6/c1-37-52-31-67-25-43-19-49(61(7,8)9)20-44(58(43)64-16)26-68-32-53(41(52)5)38(2)56(37)35-71-29-47-23-51(63(13,14)15)24-48(60(47)66-18)30-72-36-57-39(3)54-33-69-27-45-21-50(62(10,11)12)22-46(59(45)65-17)28-70-34-55(40(57)4)42(54)6/h19-24H,25-36H2,1-18H3. The third-order valence-corrected chi connectivity index (χ3v) is 28.1. The summed E-state index contributed by atoms with van der Waals surface area (Å²) >= 11 is 2.59. The number of methoxy groups -OCH3 is 3. The van der Waals surface area contributed by atoms with E-state index in [4.69, 9.17) is 14.2 Å². The summed E-state index contributed by atoms with van der Waals surface area (Å²) in [5.41, 5.74) is 32.5. The average molecular weight is 1360 g/mol. The zero-order valence-corrected chi connectivity index (χ0v) is 57.4. The predicted octanol–water partition coefficient (Wildman–Crippen LogP) is 12.5. The second-order valence-electron chi connectivity index (χ2n) is 23.3. The second kappa shape index (κ2) is 24.5. The Morgan fingerprint density at radius 2 is 0.625 bits per heavy atom. The van der Waals surface area contributed by atoms with Crippen molar-refractivity contribution in [2.45, 2.75) is 184 Å². The molecule has 0 aliphatic carbocycles. The summed E-state index contributed by atoms with van der Waals surface area (Å²) in [4.78, 5) is 0. The molecule has 0 N–H and O–H groups in total. The number of hydrogen-bond donors (Lipinski definition) is 0. The number of rotatable bonds is 11. The van der Waals surface area contributed by atoms with E-state index in [2.05, 4.69) is 140 Å². The Morgan fingerprint density at radius 3 is 0.875 bits per heavy atom. The Balaban J connectivity index is 1.11. The zero-order chi connectivity index (χ0) is 52.4. The molecule has 0 saturated heterocycles. The van der Waals surface area contributed by atoms with Crippen molar-refractivity contribution in [3.8, 4) is 17.2 Å². The van der Waals surface area contributed by atoms with Gasteiger partial charge in [-0.3, -0.25) is 0 Å². The monoisotopic (exact) mass is 1370 g/mol. The van der Waals surface area contributed by atoms with Crippen LogP contribution in [-0.2, 0) is 80.1 Å². The summed E-state index contributed by atoms with van der Waals surface area (Å²) < 4.78 is 18.8. The van der Waals surface area contributed by atoms with Crippen molar-refractivity contribution in [3.05, 3.63) is 153 Å². The van der Waals surface area contributed by atoms with Gasteiger partial charge in [-0.1, -0.05) is 0 Å². The van der Waals surface area contributed by atoms with Crippen molar-refractivity contribution in [1.82, 2.24) is 0 Å². The van der Waals surface area contributed by atoms with Crippen LogP contribution in [0.5, 0.6) is 17.2 Å². The van der Waals surface area contributed by atoms with Gasteiger partial charge in [-0.15, -0.1) is 0 Å². The SMILES string of the molecule is COc1c(C[Se]Cc2c(C)c3c(C)c(c2C)C[Se]Cc2cc(C(C)(C)C)cc(c2OC)C[Se]C3)cc(C(C)(C)C)cc1C[Se]Cc1c(C)c2c(C)c(c1C)C[Se]Cc1cc(C(C)(C)C)cc(c1OC)C[Se]C2. The summed E-state index contributed by atoms with van der Waals surface area (Å²) in [6.07, 6.45) is 0. The normalized spacial score (nSPS) is 14.8. The van der Waals surface area contributed by atoms with Crippen molar-refractivity contribution < 1.29 is 14.2 Å². The molecule has 5 aromatic rings. The molecule has 3 nitrogen and oxygen atoms in total. The summed E-state index contributed by atoms with van der Waals surface area (Å²) in [5, 5.41) is 13.7. The summed E-state index contributed by atoms with van der Waals surface area (Å²) in [7, 11) is 5.71. The minimum atomic E-state index is 0.0627. The fourth-order valence-electron chi connectivity index (χ4n) is 10.6. The first-order valence-electron chi connectivity index (χ1n) is 25.8. The molecule has 0 radical (unpaired) electrons. The van der Waals surface area contributed by atoms with Crippen LogP contribution in [0.2, 0.25) is 0 Å². The van der Waals surface area contributed by atoms with Gasteiger partial charge in [-0.25, -0.2) is 0 Å². The number of benzene rings is 5. The molecule has 72 heavy (non-hydrogen) atoms. The molecular weight excluding hydrogens is 1280 g/mol. The molecule has 0 unspecified atom stereocenters. The first-order chi connectivity index (χ1) is 34.0. The molecule has 390 valence electrons. The van der Waals surface area contributed by atoms with E-state index in [0.717, 1.165) is 49.2 Å². The van der Waals surface area contributed by atoms with E-state index < -0.39 is 0 Å². The topological polar surface area (TPSA) is 27.7 Å². The van der Waals surface area contributed by atoms with Gasteiger partial charge in [0.25, 0.3) is 0 Å². The van der Waals surface area contributed by atoms with Crippen molar-refractivity contribution in [2.75, 3.05) is 21.3 Å². The fourth-order valence-corrected chi connectivity index (χ4v) is 25.4. The van der Waals surface area contributed by atoms with Crippen molar-refractivity contribution in [1.29, 1.82) is 0 Å². The number of ether oxygens (including phenoxy) is 3. The molecule has 5 aromatic carbocycles. The molecule has 7 rings (SSSR count). The van der Waals surface area contributed by atoms with E-state index in [-0.39, 0.29) is 16.2 Å².